The molecule has 27 heavy (non-hydrogen) atoms. The van der Waals surface area contributed by atoms with Crippen LogP contribution >= 0.6 is 24.0 Å². The maximum Gasteiger partial charge on any atom is 0.263 e. The van der Waals surface area contributed by atoms with Crippen LogP contribution in [0.15, 0.2) is 59.5 Å². The first-order valence-corrected chi connectivity index (χ1v) is 10.3. The van der Waals surface area contributed by atoms with E-state index in [1.807, 2.05) is 12.1 Å². The van der Waals surface area contributed by atoms with E-state index in [-0.39, 0.29) is 5.91 Å². The molecule has 0 bridgehead atoms. The van der Waals surface area contributed by atoms with E-state index in [0.29, 0.717) is 9.23 Å². The van der Waals surface area contributed by atoms with Gasteiger partial charge in [-0.2, -0.15) is 0 Å². The third kappa shape index (κ3) is 4.40. The van der Waals surface area contributed by atoms with E-state index in [1.54, 1.807) is 0 Å². The lowest BCUT2D eigenvalue weighted by Gasteiger charge is -2.36. The molecule has 2 aliphatic heterocycles. The zero-order chi connectivity index (χ0) is 18.6. The first-order valence-electron chi connectivity index (χ1n) is 9.04. The van der Waals surface area contributed by atoms with E-state index in [0.717, 1.165) is 38.3 Å². The van der Waals surface area contributed by atoms with Gasteiger partial charge in [-0.05, 0) is 23.3 Å². The van der Waals surface area contributed by atoms with Crippen molar-refractivity contribution in [3.05, 3.63) is 70.6 Å². The smallest absolute Gasteiger partial charge is 0.263 e. The molecule has 2 aromatic carbocycles. The number of thioether (sulfide) groups is 1. The maximum absolute atomic E-state index is 12.0. The summed E-state index contributed by atoms with van der Waals surface area (Å²) >= 11 is 6.42. The first kappa shape index (κ1) is 18.2. The van der Waals surface area contributed by atoms with Gasteiger partial charge in [-0.3, -0.25) is 9.69 Å². The van der Waals surface area contributed by atoms with Crippen molar-refractivity contribution in [1.82, 2.24) is 10.2 Å². The Hall–Kier alpha value is -2.15. The molecular weight excluding hydrogens is 374 g/mol. The molecule has 2 heterocycles. The number of thiocarbonyl (C=S) groups is 1. The Labute approximate surface area is 169 Å². The number of amides is 1. The highest BCUT2D eigenvalue weighted by molar-refractivity contribution is 8.26. The van der Waals surface area contributed by atoms with Crippen molar-refractivity contribution in [2.45, 2.75) is 6.54 Å². The lowest BCUT2D eigenvalue weighted by atomic mass is 10.1. The van der Waals surface area contributed by atoms with Crippen LogP contribution in [0.4, 0.5) is 5.69 Å². The van der Waals surface area contributed by atoms with Crippen molar-refractivity contribution in [3.63, 3.8) is 0 Å². The largest absolute Gasteiger partial charge is 0.368 e. The Bertz CT molecular complexity index is 874. The molecule has 0 radical (unpaired) electrons. The van der Waals surface area contributed by atoms with Gasteiger partial charge in [-0.25, -0.2) is 0 Å². The highest BCUT2D eigenvalue weighted by atomic mass is 32.2. The van der Waals surface area contributed by atoms with Crippen LogP contribution < -0.4 is 10.2 Å². The topological polar surface area (TPSA) is 35.6 Å². The summed E-state index contributed by atoms with van der Waals surface area (Å²) < 4.78 is 0.526. The van der Waals surface area contributed by atoms with E-state index in [1.165, 1.54) is 23.0 Å². The summed E-state index contributed by atoms with van der Waals surface area (Å²) in [6.07, 6.45) is 1.95. The minimum atomic E-state index is -0.104. The molecule has 0 unspecified atom stereocenters. The van der Waals surface area contributed by atoms with Gasteiger partial charge in [-0.1, -0.05) is 72.5 Å². The monoisotopic (exact) mass is 395 g/mol. The van der Waals surface area contributed by atoms with Crippen molar-refractivity contribution in [3.8, 4) is 0 Å². The molecule has 0 aromatic heterocycles. The van der Waals surface area contributed by atoms with E-state index < -0.39 is 0 Å². The number of para-hydroxylation sites is 1. The Morgan fingerprint density at radius 3 is 2.41 bits per heavy atom. The van der Waals surface area contributed by atoms with Gasteiger partial charge in [0, 0.05) is 38.4 Å². The van der Waals surface area contributed by atoms with Crippen molar-refractivity contribution >= 4 is 46.0 Å². The van der Waals surface area contributed by atoms with Crippen LogP contribution in [0.3, 0.4) is 0 Å². The summed E-state index contributed by atoms with van der Waals surface area (Å²) in [6, 6.07) is 18.9. The van der Waals surface area contributed by atoms with Gasteiger partial charge >= 0.3 is 0 Å². The van der Waals surface area contributed by atoms with E-state index in [9.17, 15) is 4.79 Å². The van der Waals surface area contributed by atoms with Gasteiger partial charge in [0.05, 0.1) is 4.91 Å². The van der Waals surface area contributed by atoms with Gasteiger partial charge in [0.15, 0.2) is 0 Å². The van der Waals surface area contributed by atoms with Gasteiger partial charge in [0.1, 0.15) is 4.32 Å². The maximum atomic E-state index is 12.0. The van der Waals surface area contributed by atoms with Crippen molar-refractivity contribution in [1.29, 1.82) is 0 Å². The predicted octanol–water partition coefficient (Wildman–Crippen LogP) is 3.50. The second kappa shape index (κ2) is 8.25. The third-order valence-corrected chi connectivity index (χ3v) is 5.99. The molecule has 1 amide bonds. The first-order chi connectivity index (χ1) is 13.2. The molecule has 0 aliphatic carbocycles. The Kier molecular flexibility index (Phi) is 5.57. The molecule has 0 atom stereocenters. The Morgan fingerprint density at radius 1 is 1.00 bits per heavy atom. The molecular formula is C21H21N3OS2. The van der Waals surface area contributed by atoms with Crippen LogP contribution in [0, 0.1) is 0 Å². The second-order valence-corrected chi connectivity index (χ2v) is 8.38. The van der Waals surface area contributed by atoms with Crippen molar-refractivity contribution in [2.75, 3.05) is 31.1 Å². The molecule has 2 fully saturated rings. The summed E-state index contributed by atoms with van der Waals surface area (Å²) in [5.74, 6) is -0.104. The molecule has 0 saturated carbocycles. The van der Waals surface area contributed by atoms with Crippen LogP contribution in [-0.2, 0) is 11.3 Å². The molecule has 0 spiro atoms. The van der Waals surface area contributed by atoms with Crippen molar-refractivity contribution < 1.29 is 4.79 Å². The summed E-state index contributed by atoms with van der Waals surface area (Å²) in [4.78, 5) is 17.5. The standard InChI is InChI=1S/C21H21N3OS2/c25-20-19(27-21(26)22-20)14-17-8-4-5-9-18(17)24-12-10-23(11-13-24)15-16-6-2-1-3-7-16/h1-9,14H,10-13,15H2,(H,22,25,26). The van der Waals surface area contributed by atoms with Gasteiger partial charge in [0.2, 0.25) is 0 Å². The molecule has 138 valence electrons. The lowest BCUT2D eigenvalue weighted by molar-refractivity contribution is -0.115. The highest BCUT2D eigenvalue weighted by Gasteiger charge is 2.23. The van der Waals surface area contributed by atoms with E-state index in [2.05, 4.69) is 63.6 Å². The van der Waals surface area contributed by atoms with Crippen LogP contribution in [0.2, 0.25) is 0 Å². The zero-order valence-electron chi connectivity index (χ0n) is 14.9. The van der Waals surface area contributed by atoms with Crippen LogP contribution in [0.5, 0.6) is 0 Å². The number of piperazine rings is 1. The fraction of sp³-hybridized carbons (Fsp3) is 0.238. The number of carbonyl (C=O) groups excluding carboxylic acids is 1. The second-order valence-electron chi connectivity index (χ2n) is 6.66. The van der Waals surface area contributed by atoms with Gasteiger partial charge in [0.25, 0.3) is 5.91 Å². The number of hydrogen-bond donors (Lipinski definition) is 1. The minimum absolute atomic E-state index is 0.104. The number of hydrogen-bond acceptors (Lipinski definition) is 5. The van der Waals surface area contributed by atoms with Crippen LogP contribution in [0.1, 0.15) is 11.1 Å². The lowest BCUT2D eigenvalue weighted by Crippen LogP contribution is -2.46. The molecule has 4 nitrogen and oxygen atoms in total. The van der Waals surface area contributed by atoms with Crippen molar-refractivity contribution in [2.24, 2.45) is 0 Å². The molecule has 2 saturated heterocycles. The quantitative estimate of drug-likeness (QED) is 0.633. The summed E-state index contributed by atoms with van der Waals surface area (Å²) in [5.41, 5.74) is 3.60. The van der Waals surface area contributed by atoms with Crippen LogP contribution in [0.25, 0.3) is 6.08 Å². The molecule has 1 N–H and O–H groups in total. The third-order valence-electron chi connectivity index (χ3n) is 4.83. The van der Waals surface area contributed by atoms with E-state index >= 15 is 0 Å². The number of anilines is 1. The Balaban J connectivity index is 1.45. The molecule has 2 aliphatic rings. The number of nitrogens with one attached hydrogen (secondary N) is 1. The van der Waals surface area contributed by atoms with Gasteiger partial charge in [-0.15, -0.1) is 0 Å². The normalized spacial score (nSPS) is 19.6. The fourth-order valence-corrected chi connectivity index (χ4v) is 4.48. The number of carbonyl (C=O) groups is 1. The number of rotatable bonds is 4. The average Bonchev–Trinajstić information content (AvgIpc) is 3.01. The molecule has 6 heteroatoms. The van der Waals surface area contributed by atoms with Crippen LogP contribution in [-0.4, -0.2) is 41.3 Å². The summed E-state index contributed by atoms with van der Waals surface area (Å²) in [6.45, 7) is 5.00. The summed E-state index contributed by atoms with van der Waals surface area (Å²) in [5, 5.41) is 2.68. The number of benzene rings is 2. The SMILES string of the molecule is O=C1NC(=S)SC1=Cc1ccccc1N1CCN(Cc2ccccc2)CC1. The zero-order valence-corrected chi connectivity index (χ0v) is 16.6. The fourth-order valence-electron chi connectivity index (χ4n) is 3.45. The summed E-state index contributed by atoms with van der Waals surface area (Å²) in [7, 11) is 0. The molecule has 4 rings (SSSR count). The average molecular weight is 396 g/mol. The minimum Gasteiger partial charge on any atom is -0.368 e. The predicted molar refractivity (Wildman–Crippen MR) is 117 cm³/mol. The van der Waals surface area contributed by atoms with E-state index in [4.69, 9.17) is 12.2 Å². The highest BCUT2D eigenvalue weighted by Crippen LogP contribution is 2.30. The number of nitrogens with zero attached hydrogens (tertiary/aromatic N) is 2. The molecule has 2 aromatic rings. The van der Waals surface area contributed by atoms with Gasteiger partial charge < -0.3 is 10.2 Å². The Morgan fingerprint density at radius 2 is 1.70 bits per heavy atom.